The van der Waals surface area contributed by atoms with Crippen molar-refractivity contribution < 1.29 is 23.8 Å². The van der Waals surface area contributed by atoms with Gasteiger partial charge in [-0.2, -0.15) is 0 Å². The van der Waals surface area contributed by atoms with Crippen molar-refractivity contribution >= 4 is 11.9 Å². The average Bonchev–Trinajstić information content (AvgIpc) is 2.13. The van der Waals surface area contributed by atoms with Crippen molar-refractivity contribution in [1.82, 2.24) is 0 Å². The Labute approximate surface area is 89.0 Å². The summed E-state index contributed by atoms with van der Waals surface area (Å²) in [5.74, 6) is -0.769. The smallest absolute Gasteiger partial charge is 0.307 e. The summed E-state index contributed by atoms with van der Waals surface area (Å²) < 4.78 is 14.5. The number of hydrogen-bond acceptors (Lipinski definition) is 5. The molecule has 0 saturated heterocycles. The summed E-state index contributed by atoms with van der Waals surface area (Å²) in [5.41, 5.74) is 0. The predicted molar refractivity (Wildman–Crippen MR) is 52.7 cm³/mol. The lowest BCUT2D eigenvalue weighted by Crippen LogP contribution is -2.08. The summed E-state index contributed by atoms with van der Waals surface area (Å²) in [6, 6.07) is 0. The standard InChI is InChI=1S/C10H16O5/c1-4-5-13-6-10(15-9(3)12)7-14-8(2)11/h7H,4-6H2,1-3H3. The molecular formula is C10H16O5. The monoisotopic (exact) mass is 216 g/mol. The van der Waals surface area contributed by atoms with E-state index in [2.05, 4.69) is 4.74 Å². The minimum atomic E-state index is -0.478. The number of ether oxygens (including phenoxy) is 3. The van der Waals surface area contributed by atoms with Crippen LogP contribution in [0, 0.1) is 0 Å². The van der Waals surface area contributed by atoms with Crippen LogP contribution in [0.5, 0.6) is 0 Å². The van der Waals surface area contributed by atoms with Gasteiger partial charge >= 0.3 is 11.9 Å². The van der Waals surface area contributed by atoms with Gasteiger partial charge in [0.15, 0.2) is 5.76 Å². The molecule has 0 aromatic carbocycles. The van der Waals surface area contributed by atoms with Crippen molar-refractivity contribution in [1.29, 1.82) is 0 Å². The molecule has 0 aromatic rings. The van der Waals surface area contributed by atoms with Crippen LogP contribution in [0.25, 0.3) is 0 Å². The minimum absolute atomic E-state index is 0.112. The van der Waals surface area contributed by atoms with Crippen LogP contribution in [-0.2, 0) is 23.8 Å². The Morgan fingerprint density at radius 3 is 2.33 bits per heavy atom. The Morgan fingerprint density at radius 1 is 1.20 bits per heavy atom. The van der Waals surface area contributed by atoms with Gasteiger partial charge in [0.2, 0.25) is 0 Å². The molecule has 0 aliphatic carbocycles. The van der Waals surface area contributed by atoms with Crippen LogP contribution in [0.3, 0.4) is 0 Å². The van der Waals surface area contributed by atoms with Crippen molar-refractivity contribution in [2.45, 2.75) is 27.2 Å². The van der Waals surface area contributed by atoms with Gasteiger partial charge in [-0.1, -0.05) is 6.92 Å². The summed E-state index contributed by atoms with van der Waals surface area (Å²) in [6.07, 6.45) is 1.94. The van der Waals surface area contributed by atoms with Crippen LogP contribution >= 0.6 is 0 Å². The zero-order chi connectivity index (χ0) is 11.7. The zero-order valence-electron chi connectivity index (χ0n) is 9.24. The quantitative estimate of drug-likeness (QED) is 0.381. The molecule has 5 heteroatoms. The predicted octanol–water partition coefficient (Wildman–Crippen LogP) is 1.38. The third-order valence-electron chi connectivity index (χ3n) is 1.22. The minimum Gasteiger partial charge on any atom is -0.431 e. The number of esters is 2. The normalized spacial score (nSPS) is 11.0. The number of carbonyl (C=O) groups is 2. The molecule has 5 nitrogen and oxygen atoms in total. The molecule has 0 saturated carbocycles. The number of hydrogen-bond donors (Lipinski definition) is 0. The van der Waals surface area contributed by atoms with Crippen LogP contribution < -0.4 is 0 Å². The van der Waals surface area contributed by atoms with Crippen molar-refractivity contribution in [3.8, 4) is 0 Å². The number of rotatable bonds is 6. The van der Waals surface area contributed by atoms with Crippen LogP contribution in [0.1, 0.15) is 27.2 Å². The van der Waals surface area contributed by atoms with Crippen LogP contribution in [0.4, 0.5) is 0 Å². The molecule has 0 aliphatic rings. The van der Waals surface area contributed by atoms with Crippen molar-refractivity contribution in [3.05, 3.63) is 12.0 Å². The number of carbonyl (C=O) groups excluding carboxylic acids is 2. The molecule has 15 heavy (non-hydrogen) atoms. The molecule has 0 fully saturated rings. The summed E-state index contributed by atoms with van der Waals surface area (Å²) in [7, 11) is 0. The highest BCUT2D eigenvalue weighted by molar-refractivity contribution is 5.68. The van der Waals surface area contributed by atoms with Crippen molar-refractivity contribution in [2.24, 2.45) is 0 Å². The Hall–Kier alpha value is -1.36. The molecule has 0 spiro atoms. The van der Waals surface area contributed by atoms with E-state index in [9.17, 15) is 9.59 Å². The van der Waals surface area contributed by atoms with Gasteiger partial charge in [-0.3, -0.25) is 9.59 Å². The third-order valence-corrected chi connectivity index (χ3v) is 1.22. The van der Waals surface area contributed by atoms with Gasteiger partial charge in [0.1, 0.15) is 12.9 Å². The maximum atomic E-state index is 10.7. The Morgan fingerprint density at radius 2 is 1.87 bits per heavy atom. The van der Waals surface area contributed by atoms with E-state index in [1.807, 2.05) is 6.92 Å². The van der Waals surface area contributed by atoms with Crippen molar-refractivity contribution in [2.75, 3.05) is 13.2 Å². The molecule has 86 valence electrons. The lowest BCUT2D eigenvalue weighted by atomic mass is 10.5. The van der Waals surface area contributed by atoms with Gasteiger partial charge in [0.05, 0.1) is 0 Å². The molecule has 0 atom stereocenters. The van der Waals surface area contributed by atoms with E-state index in [4.69, 9.17) is 9.47 Å². The fourth-order valence-corrected chi connectivity index (χ4v) is 0.738. The molecule has 0 unspecified atom stereocenters. The van der Waals surface area contributed by atoms with Crippen LogP contribution in [0.15, 0.2) is 12.0 Å². The Balaban J connectivity index is 4.10. The van der Waals surface area contributed by atoms with Crippen LogP contribution in [0.2, 0.25) is 0 Å². The van der Waals surface area contributed by atoms with E-state index in [0.717, 1.165) is 12.7 Å². The fourth-order valence-electron chi connectivity index (χ4n) is 0.738. The van der Waals surface area contributed by atoms with Gasteiger partial charge in [-0.15, -0.1) is 0 Å². The highest BCUT2D eigenvalue weighted by atomic mass is 16.6. The highest BCUT2D eigenvalue weighted by Gasteiger charge is 2.04. The fraction of sp³-hybridized carbons (Fsp3) is 0.600. The first kappa shape index (κ1) is 13.6. The van der Waals surface area contributed by atoms with E-state index < -0.39 is 11.9 Å². The van der Waals surface area contributed by atoms with E-state index in [0.29, 0.717) is 6.61 Å². The second-order valence-corrected chi connectivity index (χ2v) is 2.84. The van der Waals surface area contributed by atoms with Gasteiger partial charge in [0.25, 0.3) is 0 Å². The second kappa shape index (κ2) is 7.99. The first-order valence-corrected chi connectivity index (χ1v) is 4.68. The van der Waals surface area contributed by atoms with Crippen LogP contribution in [-0.4, -0.2) is 25.2 Å². The second-order valence-electron chi connectivity index (χ2n) is 2.84. The van der Waals surface area contributed by atoms with Gasteiger partial charge in [0, 0.05) is 20.5 Å². The first-order chi connectivity index (χ1) is 7.06. The maximum absolute atomic E-state index is 10.7. The summed E-state index contributed by atoms with van der Waals surface area (Å²) in [5, 5.41) is 0. The van der Waals surface area contributed by atoms with Gasteiger partial charge in [-0.25, -0.2) is 0 Å². The summed E-state index contributed by atoms with van der Waals surface area (Å²) in [4.78, 5) is 21.2. The maximum Gasteiger partial charge on any atom is 0.307 e. The molecule has 0 aliphatic heterocycles. The topological polar surface area (TPSA) is 61.8 Å². The summed E-state index contributed by atoms with van der Waals surface area (Å²) >= 11 is 0. The Kier molecular flexibility index (Phi) is 7.27. The van der Waals surface area contributed by atoms with E-state index in [1.54, 1.807) is 0 Å². The SMILES string of the molecule is CCCOCC(=COC(C)=O)OC(C)=O. The lowest BCUT2D eigenvalue weighted by Gasteiger charge is -2.06. The summed E-state index contributed by atoms with van der Waals surface area (Å²) in [6.45, 7) is 5.15. The lowest BCUT2D eigenvalue weighted by molar-refractivity contribution is -0.140. The molecule has 0 bridgehead atoms. The molecule has 0 heterocycles. The van der Waals surface area contributed by atoms with Gasteiger partial charge < -0.3 is 14.2 Å². The molecule has 0 aromatic heterocycles. The van der Waals surface area contributed by atoms with E-state index in [-0.39, 0.29) is 12.4 Å². The van der Waals surface area contributed by atoms with Gasteiger partial charge in [-0.05, 0) is 6.42 Å². The first-order valence-electron chi connectivity index (χ1n) is 4.68. The molecular weight excluding hydrogens is 200 g/mol. The molecule has 0 amide bonds. The third kappa shape index (κ3) is 8.96. The average molecular weight is 216 g/mol. The van der Waals surface area contributed by atoms with E-state index in [1.165, 1.54) is 13.8 Å². The molecule has 0 N–H and O–H groups in total. The molecule has 0 rings (SSSR count). The highest BCUT2D eigenvalue weighted by Crippen LogP contribution is 2.00. The van der Waals surface area contributed by atoms with E-state index >= 15 is 0 Å². The van der Waals surface area contributed by atoms with Crippen molar-refractivity contribution in [3.63, 3.8) is 0 Å². The Bertz CT molecular complexity index is 244. The molecule has 0 radical (unpaired) electrons. The largest absolute Gasteiger partial charge is 0.431 e. The zero-order valence-corrected chi connectivity index (χ0v) is 9.24.